The van der Waals surface area contributed by atoms with Gasteiger partial charge in [-0.2, -0.15) is 4.98 Å². The Morgan fingerprint density at radius 1 is 1.47 bits per heavy atom. The normalized spacial score (nSPS) is 28.2. The van der Waals surface area contributed by atoms with Crippen LogP contribution < -0.4 is 5.73 Å². The van der Waals surface area contributed by atoms with Crippen molar-refractivity contribution in [3.63, 3.8) is 0 Å². The summed E-state index contributed by atoms with van der Waals surface area (Å²) in [5, 5.41) is 4.10. The topological polar surface area (TPSA) is 64.9 Å². The number of aromatic nitrogens is 2. The van der Waals surface area contributed by atoms with Gasteiger partial charge < -0.3 is 10.3 Å². The molecule has 4 nitrogen and oxygen atoms in total. The van der Waals surface area contributed by atoms with E-state index in [1.165, 1.54) is 19.3 Å². The molecule has 0 spiro atoms. The monoisotopic (exact) mass is 237 g/mol. The molecule has 0 amide bonds. The maximum Gasteiger partial charge on any atom is 0.243 e. The van der Waals surface area contributed by atoms with E-state index >= 15 is 0 Å². The Morgan fingerprint density at radius 2 is 2.24 bits per heavy atom. The molecule has 1 saturated carbocycles. The predicted molar refractivity (Wildman–Crippen MR) is 66.4 cm³/mol. The average Bonchev–Trinajstić information content (AvgIpc) is 2.95. The highest BCUT2D eigenvalue weighted by Crippen LogP contribution is 2.36. The summed E-state index contributed by atoms with van der Waals surface area (Å²) in [6.45, 7) is 6.53. The highest BCUT2D eigenvalue weighted by atomic mass is 16.5. The van der Waals surface area contributed by atoms with Gasteiger partial charge in [-0.15, -0.1) is 0 Å². The van der Waals surface area contributed by atoms with Crippen LogP contribution in [0, 0.1) is 11.8 Å². The molecule has 1 aromatic rings. The second kappa shape index (κ2) is 5.17. The fourth-order valence-corrected chi connectivity index (χ4v) is 2.49. The van der Waals surface area contributed by atoms with Crippen LogP contribution >= 0.6 is 0 Å². The maximum atomic E-state index is 6.09. The van der Waals surface area contributed by atoms with Gasteiger partial charge in [0.1, 0.15) is 0 Å². The minimum absolute atomic E-state index is 0.125. The molecule has 0 radical (unpaired) electrons. The Balaban J connectivity index is 2.05. The zero-order valence-electron chi connectivity index (χ0n) is 11.0. The molecule has 3 unspecified atom stereocenters. The van der Waals surface area contributed by atoms with E-state index < -0.39 is 0 Å². The summed E-state index contributed by atoms with van der Waals surface area (Å²) in [7, 11) is 0. The number of nitrogens with two attached hydrogens (primary N) is 1. The molecule has 1 aliphatic carbocycles. The quantitative estimate of drug-likeness (QED) is 0.874. The van der Waals surface area contributed by atoms with Crippen molar-refractivity contribution in [2.45, 2.75) is 58.4 Å². The van der Waals surface area contributed by atoms with E-state index in [9.17, 15) is 0 Å². The van der Waals surface area contributed by atoms with Crippen LogP contribution in [-0.4, -0.2) is 10.1 Å². The Morgan fingerprint density at radius 3 is 2.82 bits per heavy atom. The third-order valence-corrected chi connectivity index (χ3v) is 4.06. The Hall–Kier alpha value is -0.900. The van der Waals surface area contributed by atoms with E-state index in [0.29, 0.717) is 17.7 Å². The highest BCUT2D eigenvalue weighted by Gasteiger charge is 2.28. The van der Waals surface area contributed by atoms with Gasteiger partial charge in [-0.05, 0) is 31.1 Å². The molecule has 4 heteroatoms. The fraction of sp³-hybridized carbons (Fsp3) is 0.846. The summed E-state index contributed by atoms with van der Waals surface area (Å²) in [6, 6.07) is -0.125. The van der Waals surface area contributed by atoms with Gasteiger partial charge in [-0.1, -0.05) is 32.3 Å². The lowest BCUT2D eigenvalue weighted by Gasteiger charge is -2.13. The average molecular weight is 237 g/mol. The van der Waals surface area contributed by atoms with E-state index in [0.717, 1.165) is 18.2 Å². The van der Waals surface area contributed by atoms with E-state index in [-0.39, 0.29) is 6.04 Å². The van der Waals surface area contributed by atoms with Crippen LogP contribution in [0.4, 0.5) is 0 Å². The molecular formula is C13H23N3O. The molecule has 1 aliphatic rings. The number of rotatable bonds is 4. The highest BCUT2D eigenvalue weighted by molar-refractivity contribution is 5.01. The van der Waals surface area contributed by atoms with Gasteiger partial charge in [-0.25, -0.2) is 0 Å². The lowest BCUT2D eigenvalue weighted by molar-refractivity contribution is 0.309. The molecule has 0 aliphatic heterocycles. The van der Waals surface area contributed by atoms with E-state index in [2.05, 4.69) is 30.9 Å². The third-order valence-electron chi connectivity index (χ3n) is 4.06. The van der Waals surface area contributed by atoms with Crippen molar-refractivity contribution in [2.24, 2.45) is 17.6 Å². The number of nitrogens with zero attached hydrogens (tertiary/aromatic N) is 2. The first-order valence-corrected chi connectivity index (χ1v) is 6.70. The van der Waals surface area contributed by atoms with Crippen LogP contribution in [-0.2, 0) is 0 Å². The Bertz CT molecular complexity index is 347. The van der Waals surface area contributed by atoms with Gasteiger partial charge in [0, 0.05) is 5.92 Å². The summed E-state index contributed by atoms with van der Waals surface area (Å²) in [6.07, 6.45) is 4.65. The van der Waals surface area contributed by atoms with Crippen LogP contribution in [0.3, 0.4) is 0 Å². The van der Waals surface area contributed by atoms with Crippen LogP contribution in [0.2, 0.25) is 0 Å². The molecule has 1 fully saturated rings. The summed E-state index contributed by atoms with van der Waals surface area (Å²) in [5.74, 6) is 3.11. The Labute approximate surface area is 103 Å². The van der Waals surface area contributed by atoms with Crippen LogP contribution in [0.25, 0.3) is 0 Å². The van der Waals surface area contributed by atoms with E-state index in [1.54, 1.807) is 0 Å². The lowest BCUT2D eigenvalue weighted by Crippen LogP contribution is -2.19. The van der Waals surface area contributed by atoms with Crippen molar-refractivity contribution < 1.29 is 4.52 Å². The Kier molecular flexibility index (Phi) is 3.82. The van der Waals surface area contributed by atoms with Gasteiger partial charge in [-0.3, -0.25) is 0 Å². The second-order valence-corrected chi connectivity index (χ2v) is 5.52. The van der Waals surface area contributed by atoms with Gasteiger partial charge in [0.2, 0.25) is 5.89 Å². The smallest absolute Gasteiger partial charge is 0.243 e. The fourth-order valence-electron chi connectivity index (χ4n) is 2.49. The van der Waals surface area contributed by atoms with Gasteiger partial charge >= 0.3 is 0 Å². The molecule has 2 rings (SSSR count). The summed E-state index contributed by atoms with van der Waals surface area (Å²) in [5.41, 5.74) is 6.09. The van der Waals surface area contributed by atoms with Crippen molar-refractivity contribution in [3.05, 3.63) is 11.7 Å². The molecule has 1 aromatic heterocycles. The molecule has 4 atom stereocenters. The zero-order chi connectivity index (χ0) is 12.4. The molecule has 1 heterocycles. The molecule has 0 aromatic carbocycles. The molecular weight excluding hydrogens is 214 g/mol. The van der Waals surface area contributed by atoms with E-state index in [4.69, 9.17) is 10.3 Å². The van der Waals surface area contributed by atoms with Crippen molar-refractivity contribution in [1.82, 2.24) is 10.1 Å². The minimum Gasteiger partial charge on any atom is -0.338 e. The van der Waals surface area contributed by atoms with Crippen molar-refractivity contribution in [3.8, 4) is 0 Å². The molecule has 0 bridgehead atoms. The first-order chi connectivity index (χ1) is 8.11. The van der Waals surface area contributed by atoms with Crippen LogP contribution in [0.5, 0.6) is 0 Å². The lowest BCUT2D eigenvalue weighted by atomic mass is 10.00. The molecule has 2 N–H and O–H groups in total. The molecule has 96 valence electrons. The SMILES string of the molecule is CCC(C)[C@H](N)c1nc(C2CCC(C)C2)no1. The van der Waals surface area contributed by atoms with Crippen molar-refractivity contribution in [2.75, 3.05) is 0 Å². The minimum atomic E-state index is -0.125. The molecule has 17 heavy (non-hydrogen) atoms. The molecule has 0 saturated heterocycles. The van der Waals surface area contributed by atoms with Crippen molar-refractivity contribution >= 4 is 0 Å². The summed E-state index contributed by atoms with van der Waals surface area (Å²) < 4.78 is 5.31. The summed E-state index contributed by atoms with van der Waals surface area (Å²) in [4.78, 5) is 4.49. The van der Waals surface area contributed by atoms with Gasteiger partial charge in [0.25, 0.3) is 0 Å². The second-order valence-electron chi connectivity index (χ2n) is 5.52. The van der Waals surface area contributed by atoms with Crippen LogP contribution in [0.1, 0.15) is 70.1 Å². The van der Waals surface area contributed by atoms with E-state index in [1.807, 2.05) is 0 Å². The maximum absolute atomic E-state index is 6.09. The third kappa shape index (κ3) is 2.68. The largest absolute Gasteiger partial charge is 0.338 e. The van der Waals surface area contributed by atoms with Crippen molar-refractivity contribution in [1.29, 1.82) is 0 Å². The zero-order valence-corrected chi connectivity index (χ0v) is 11.0. The summed E-state index contributed by atoms with van der Waals surface area (Å²) >= 11 is 0. The number of hydrogen-bond donors (Lipinski definition) is 1. The first kappa shape index (κ1) is 12.6. The predicted octanol–water partition coefficient (Wildman–Crippen LogP) is 3.02. The number of hydrogen-bond acceptors (Lipinski definition) is 4. The standard InChI is InChI=1S/C13H23N3O/c1-4-9(3)11(14)13-15-12(16-17-13)10-6-5-8(2)7-10/h8-11H,4-7,14H2,1-3H3/t8?,9?,10?,11-/m0/s1. The first-order valence-electron chi connectivity index (χ1n) is 6.70. The van der Waals surface area contributed by atoms with Gasteiger partial charge in [0.15, 0.2) is 5.82 Å². The van der Waals surface area contributed by atoms with Gasteiger partial charge in [0.05, 0.1) is 6.04 Å². The van der Waals surface area contributed by atoms with Crippen LogP contribution in [0.15, 0.2) is 4.52 Å².